The molecule has 9 aromatic rings. The molecule has 0 spiro atoms. The third-order valence-corrected chi connectivity index (χ3v) is 9.63. The number of hydrogen-bond acceptors (Lipinski definition) is 3. The molecule has 0 radical (unpaired) electrons. The van der Waals surface area contributed by atoms with Crippen LogP contribution in [0.25, 0.3) is 55.0 Å². The van der Waals surface area contributed by atoms with Crippen molar-refractivity contribution in [2.24, 2.45) is 0 Å². The molecule has 0 saturated carbocycles. The third kappa shape index (κ3) is 4.46. The normalized spacial score (nSPS) is 11.3. The van der Waals surface area contributed by atoms with Crippen molar-refractivity contribution in [2.45, 2.75) is 6.92 Å². The van der Waals surface area contributed by atoms with Crippen LogP contribution in [0.4, 0.5) is 17.1 Å². The number of rotatable bonds is 5. The summed E-state index contributed by atoms with van der Waals surface area (Å²) in [7, 11) is 0. The molecule has 50 heavy (non-hydrogen) atoms. The van der Waals surface area contributed by atoms with E-state index in [2.05, 4.69) is 142 Å². The van der Waals surface area contributed by atoms with E-state index in [-0.39, 0.29) is 0 Å². The van der Waals surface area contributed by atoms with Crippen molar-refractivity contribution in [2.75, 3.05) is 4.90 Å². The first-order valence-corrected chi connectivity index (χ1v) is 16.6. The van der Waals surface area contributed by atoms with E-state index in [0.29, 0.717) is 11.1 Å². The molecule has 0 fully saturated rings. The van der Waals surface area contributed by atoms with Gasteiger partial charge in [-0.3, -0.25) is 0 Å². The maximum absolute atomic E-state index is 9.49. The predicted molar refractivity (Wildman–Crippen MR) is 204 cm³/mol. The Hall–Kier alpha value is -7.08. The standard InChI is InChI=1S/C45H29N5/c1-30-16-22-33(23-17-30)50(42-14-6-12-40-44(42)36-8-2-4-10-38(36)48(40)34-24-18-31(28-46)19-25-34)43-15-7-13-41-45(43)37-9-3-5-11-39(37)49(41)35-26-20-32(29-47)21-27-35/h2-27H,1H3. The van der Waals surface area contributed by atoms with Crippen molar-refractivity contribution in [1.82, 2.24) is 9.13 Å². The molecule has 0 aliphatic carbocycles. The highest BCUT2D eigenvalue weighted by Crippen LogP contribution is 2.47. The molecular weight excluding hydrogens is 611 g/mol. The fourth-order valence-electron chi connectivity index (χ4n) is 7.40. The van der Waals surface area contributed by atoms with E-state index in [1.807, 2.05) is 48.5 Å². The summed E-state index contributed by atoms with van der Waals surface area (Å²) in [5.41, 5.74) is 12.0. The Balaban J connectivity index is 1.38. The molecule has 2 aromatic heterocycles. The highest BCUT2D eigenvalue weighted by Gasteiger charge is 2.24. The molecule has 0 bridgehead atoms. The Labute approximate surface area is 289 Å². The van der Waals surface area contributed by atoms with E-state index >= 15 is 0 Å². The molecule has 234 valence electrons. The Morgan fingerprint density at radius 1 is 0.440 bits per heavy atom. The second kappa shape index (κ2) is 11.6. The number of benzene rings is 7. The number of hydrogen-bond donors (Lipinski definition) is 0. The van der Waals surface area contributed by atoms with Gasteiger partial charge in [0.1, 0.15) is 0 Å². The van der Waals surface area contributed by atoms with Crippen LogP contribution >= 0.6 is 0 Å². The smallest absolute Gasteiger partial charge is 0.0991 e. The lowest BCUT2D eigenvalue weighted by molar-refractivity contribution is 1.18. The molecule has 9 rings (SSSR count). The fourth-order valence-corrected chi connectivity index (χ4v) is 7.40. The van der Waals surface area contributed by atoms with Crippen molar-refractivity contribution < 1.29 is 0 Å². The summed E-state index contributed by atoms with van der Waals surface area (Å²) in [6, 6.07) is 59.0. The number of para-hydroxylation sites is 2. The van der Waals surface area contributed by atoms with Crippen LogP contribution in [0.2, 0.25) is 0 Å². The zero-order valence-corrected chi connectivity index (χ0v) is 27.2. The van der Waals surface area contributed by atoms with Gasteiger partial charge in [0.05, 0.1) is 56.7 Å². The van der Waals surface area contributed by atoms with Crippen LogP contribution in [0.5, 0.6) is 0 Å². The monoisotopic (exact) mass is 639 g/mol. The summed E-state index contributed by atoms with van der Waals surface area (Å²) in [6.07, 6.45) is 0. The minimum atomic E-state index is 0.633. The zero-order chi connectivity index (χ0) is 33.8. The molecule has 0 N–H and O–H groups in total. The molecule has 7 aromatic carbocycles. The summed E-state index contributed by atoms with van der Waals surface area (Å²) >= 11 is 0. The second-order valence-corrected chi connectivity index (χ2v) is 12.5. The molecule has 0 atom stereocenters. The maximum Gasteiger partial charge on any atom is 0.0991 e. The molecule has 0 aliphatic heterocycles. The molecule has 2 heterocycles. The lowest BCUT2D eigenvalue weighted by Gasteiger charge is -2.27. The van der Waals surface area contributed by atoms with Gasteiger partial charge in [0, 0.05) is 38.6 Å². The summed E-state index contributed by atoms with van der Waals surface area (Å²) < 4.78 is 4.58. The van der Waals surface area contributed by atoms with Gasteiger partial charge in [0.15, 0.2) is 0 Å². The fraction of sp³-hybridized carbons (Fsp3) is 0.0222. The molecule has 0 amide bonds. The van der Waals surface area contributed by atoms with Crippen LogP contribution in [-0.2, 0) is 0 Å². The van der Waals surface area contributed by atoms with E-state index in [1.165, 1.54) is 5.56 Å². The van der Waals surface area contributed by atoms with Crippen LogP contribution in [0.1, 0.15) is 16.7 Å². The molecule has 0 unspecified atom stereocenters. The first kappa shape index (κ1) is 29.1. The summed E-state index contributed by atoms with van der Waals surface area (Å²) in [6.45, 7) is 2.12. The van der Waals surface area contributed by atoms with E-state index in [0.717, 1.165) is 72.0 Å². The largest absolute Gasteiger partial charge is 0.309 e. The quantitative estimate of drug-likeness (QED) is 0.188. The average Bonchev–Trinajstić information content (AvgIpc) is 3.70. The van der Waals surface area contributed by atoms with Gasteiger partial charge in [-0.15, -0.1) is 0 Å². The predicted octanol–water partition coefficient (Wildman–Crippen LogP) is 11.4. The lowest BCUT2D eigenvalue weighted by Crippen LogP contribution is -2.11. The Kier molecular flexibility index (Phi) is 6.73. The second-order valence-electron chi connectivity index (χ2n) is 12.5. The van der Waals surface area contributed by atoms with Crippen LogP contribution in [0.3, 0.4) is 0 Å². The number of nitriles is 2. The van der Waals surface area contributed by atoms with Gasteiger partial charge in [0.2, 0.25) is 0 Å². The summed E-state index contributed by atoms with van der Waals surface area (Å²) in [5, 5.41) is 23.5. The average molecular weight is 640 g/mol. The van der Waals surface area contributed by atoms with Crippen molar-refractivity contribution in [3.05, 3.63) is 174 Å². The SMILES string of the molecule is Cc1ccc(N(c2cccc3c2c2ccccc2n3-c2ccc(C#N)cc2)c2cccc3c2c2ccccc2n3-c2ccc(C#N)cc2)cc1. The first-order chi connectivity index (χ1) is 24.6. The number of aryl methyl sites for hydroxylation is 1. The number of aromatic nitrogens is 2. The van der Waals surface area contributed by atoms with Crippen molar-refractivity contribution in [3.63, 3.8) is 0 Å². The Morgan fingerprint density at radius 2 is 0.860 bits per heavy atom. The summed E-state index contributed by atoms with van der Waals surface area (Å²) in [5.74, 6) is 0. The van der Waals surface area contributed by atoms with Gasteiger partial charge < -0.3 is 14.0 Å². The van der Waals surface area contributed by atoms with Crippen LogP contribution in [-0.4, -0.2) is 9.13 Å². The molecule has 5 heteroatoms. The maximum atomic E-state index is 9.49. The van der Waals surface area contributed by atoms with E-state index in [4.69, 9.17) is 0 Å². The minimum absolute atomic E-state index is 0.633. The van der Waals surface area contributed by atoms with Gasteiger partial charge in [-0.25, -0.2) is 0 Å². The Bertz CT molecular complexity index is 2650. The molecule has 5 nitrogen and oxygen atoms in total. The lowest BCUT2D eigenvalue weighted by atomic mass is 10.0. The number of nitrogens with zero attached hydrogens (tertiary/aromatic N) is 5. The highest BCUT2D eigenvalue weighted by molar-refractivity contribution is 6.20. The molecule has 0 saturated heterocycles. The van der Waals surface area contributed by atoms with Gasteiger partial charge in [0.25, 0.3) is 0 Å². The van der Waals surface area contributed by atoms with Gasteiger partial charge in [-0.05, 0) is 104 Å². The van der Waals surface area contributed by atoms with Gasteiger partial charge in [-0.2, -0.15) is 10.5 Å². The van der Waals surface area contributed by atoms with E-state index in [1.54, 1.807) is 0 Å². The third-order valence-electron chi connectivity index (χ3n) is 9.63. The zero-order valence-electron chi connectivity index (χ0n) is 27.2. The highest BCUT2D eigenvalue weighted by atomic mass is 15.2. The number of anilines is 3. The minimum Gasteiger partial charge on any atom is -0.309 e. The van der Waals surface area contributed by atoms with Gasteiger partial charge >= 0.3 is 0 Å². The Morgan fingerprint density at radius 3 is 1.30 bits per heavy atom. The van der Waals surface area contributed by atoms with Gasteiger partial charge in [-0.1, -0.05) is 66.2 Å². The summed E-state index contributed by atoms with van der Waals surface area (Å²) in [4.78, 5) is 2.40. The van der Waals surface area contributed by atoms with Crippen molar-refractivity contribution in [3.8, 4) is 23.5 Å². The first-order valence-electron chi connectivity index (χ1n) is 16.6. The molecule has 0 aliphatic rings. The number of fused-ring (bicyclic) bond motifs is 6. The van der Waals surface area contributed by atoms with E-state index in [9.17, 15) is 10.5 Å². The van der Waals surface area contributed by atoms with Crippen molar-refractivity contribution in [1.29, 1.82) is 10.5 Å². The van der Waals surface area contributed by atoms with E-state index < -0.39 is 0 Å². The van der Waals surface area contributed by atoms with Crippen LogP contribution < -0.4 is 4.90 Å². The molecular formula is C45H29N5. The van der Waals surface area contributed by atoms with Crippen LogP contribution in [0.15, 0.2) is 158 Å². The van der Waals surface area contributed by atoms with Crippen LogP contribution in [0, 0.1) is 29.6 Å². The van der Waals surface area contributed by atoms with Crippen molar-refractivity contribution >= 4 is 60.7 Å². The topological polar surface area (TPSA) is 60.7 Å².